The first-order valence-corrected chi connectivity index (χ1v) is 15.1. The van der Waals surface area contributed by atoms with Gasteiger partial charge in [-0.1, -0.05) is 99.9 Å². The van der Waals surface area contributed by atoms with Gasteiger partial charge in [0.1, 0.15) is 5.75 Å². The van der Waals surface area contributed by atoms with Gasteiger partial charge in [0.2, 0.25) is 5.89 Å². The minimum Gasteiger partial charge on any atom is -0.489 e. The van der Waals surface area contributed by atoms with Crippen LogP contribution < -0.4 is 10.5 Å². The van der Waals surface area contributed by atoms with Gasteiger partial charge in [-0.15, -0.1) is 5.10 Å². The van der Waals surface area contributed by atoms with Crippen molar-refractivity contribution >= 4 is 40.2 Å². The number of carbonyl (C=O) groups is 1. The van der Waals surface area contributed by atoms with E-state index in [1.165, 1.54) is 23.4 Å². The fourth-order valence-corrected chi connectivity index (χ4v) is 4.96. The molecule has 0 aliphatic rings. The highest BCUT2D eigenvalue weighted by Gasteiger charge is 2.24. The SMILES string of the molecule is CC(C)Oc1cc(-n2nc(C(C)(C)C)oc2=O)c(Cl)cc1Cl.CCN(C(=O)SCc1ccccc1)C(C)C(C)C. The highest BCUT2D eigenvalue weighted by Crippen LogP contribution is 2.33. The van der Waals surface area contributed by atoms with Crippen LogP contribution in [0.15, 0.2) is 51.7 Å². The van der Waals surface area contributed by atoms with Crippen LogP contribution in [0.3, 0.4) is 0 Å². The van der Waals surface area contributed by atoms with Crippen molar-refractivity contribution in [2.45, 2.75) is 85.6 Å². The molecule has 220 valence electrons. The first kappa shape index (κ1) is 33.8. The Hall–Kier alpha value is -2.42. The number of hydrogen-bond acceptors (Lipinski definition) is 6. The van der Waals surface area contributed by atoms with Crippen molar-refractivity contribution in [2.24, 2.45) is 5.92 Å². The fraction of sp³-hybridized carbons (Fsp3) is 0.500. The number of hydrogen-bond donors (Lipinski definition) is 0. The van der Waals surface area contributed by atoms with Crippen LogP contribution in [0.4, 0.5) is 4.79 Å². The topological polar surface area (TPSA) is 77.6 Å². The van der Waals surface area contributed by atoms with Crippen LogP contribution in [0.25, 0.3) is 5.69 Å². The molecule has 0 saturated carbocycles. The van der Waals surface area contributed by atoms with Gasteiger partial charge in [0.25, 0.3) is 5.24 Å². The van der Waals surface area contributed by atoms with Crippen LogP contribution >= 0.6 is 35.0 Å². The van der Waals surface area contributed by atoms with Gasteiger partial charge in [-0.25, -0.2) is 4.79 Å². The molecule has 1 heterocycles. The summed E-state index contributed by atoms with van der Waals surface area (Å²) in [6, 6.07) is 13.5. The van der Waals surface area contributed by atoms with E-state index in [-0.39, 0.29) is 21.8 Å². The minimum atomic E-state index is -0.607. The highest BCUT2D eigenvalue weighted by atomic mass is 35.5. The summed E-state index contributed by atoms with van der Waals surface area (Å²) in [5, 5.41) is 5.06. The molecule has 7 nitrogen and oxygen atoms in total. The second-order valence-corrected chi connectivity index (χ2v) is 12.8. The first-order valence-electron chi connectivity index (χ1n) is 13.4. The predicted molar refractivity (Wildman–Crippen MR) is 166 cm³/mol. The molecule has 0 N–H and O–H groups in total. The Labute approximate surface area is 252 Å². The van der Waals surface area contributed by atoms with E-state index in [0.717, 1.165) is 17.0 Å². The smallest absolute Gasteiger partial charge is 0.442 e. The molecule has 0 aliphatic carbocycles. The first-order chi connectivity index (χ1) is 18.6. The number of rotatable bonds is 8. The third kappa shape index (κ3) is 9.60. The molecule has 0 saturated heterocycles. The third-order valence-corrected chi connectivity index (χ3v) is 7.58. The molecule has 1 atom stereocenters. The normalized spacial score (nSPS) is 12.2. The second kappa shape index (κ2) is 15.0. The lowest BCUT2D eigenvalue weighted by molar-refractivity contribution is 0.190. The van der Waals surface area contributed by atoms with Gasteiger partial charge in [-0.05, 0) is 45.2 Å². The van der Waals surface area contributed by atoms with Crippen molar-refractivity contribution in [1.82, 2.24) is 14.7 Å². The van der Waals surface area contributed by atoms with Crippen molar-refractivity contribution in [1.29, 1.82) is 0 Å². The molecular weight excluding hydrogens is 569 g/mol. The van der Waals surface area contributed by atoms with E-state index in [0.29, 0.717) is 34.3 Å². The Morgan fingerprint density at radius 2 is 1.70 bits per heavy atom. The number of carbonyl (C=O) groups excluding carboxylic acids is 1. The van der Waals surface area contributed by atoms with Gasteiger partial charge in [0.15, 0.2) is 0 Å². The lowest BCUT2D eigenvalue weighted by atomic mass is 9.97. The van der Waals surface area contributed by atoms with Gasteiger partial charge >= 0.3 is 5.76 Å². The lowest BCUT2D eigenvalue weighted by Gasteiger charge is -2.30. The van der Waals surface area contributed by atoms with Crippen molar-refractivity contribution in [2.75, 3.05) is 6.54 Å². The predicted octanol–water partition coefficient (Wildman–Crippen LogP) is 8.62. The monoisotopic (exact) mass is 609 g/mol. The molecule has 3 aromatic rings. The van der Waals surface area contributed by atoms with Crippen LogP contribution in [0.2, 0.25) is 10.0 Å². The molecule has 1 unspecified atom stereocenters. The van der Waals surface area contributed by atoms with E-state index in [4.69, 9.17) is 32.4 Å². The molecule has 3 rings (SSSR count). The van der Waals surface area contributed by atoms with Crippen molar-refractivity contribution in [3.8, 4) is 11.4 Å². The number of thioether (sulfide) groups is 1. The molecule has 1 aromatic heterocycles. The van der Waals surface area contributed by atoms with Crippen molar-refractivity contribution < 1.29 is 13.9 Å². The number of amides is 1. The van der Waals surface area contributed by atoms with Crippen LogP contribution in [-0.4, -0.2) is 38.6 Å². The van der Waals surface area contributed by atoms with E-state index in [1.807, 2.05) is 64.6 Å². The summed E-state index contributed by atoms with van der Waals surface area (Å²) in [6.45, 7) is 18.7. The van der Waals surface area contributed by atoms with E-state index in [1.54, 1.807) is 6.07 Å². The van der Waals surface area contributed by atoms with E-state index >= 15 is 0 Å². The van der Waals surface area contributed by atoms with Crippen LogP contribution in [0.5, 0.6) is 5.75 Å². The molecule has 10 heteroatoms. The molecule has 0 aliphatic heterocycles. The quantitative estimate of drug-likeness (QED) is 0.254. The zero-order valence-corrected chi connectivity index (χ0v) is 27.2. The van der Waals surface area contributed by atoms with Crippen molar-refractivity contribution in [3.63, 3.8) is 0 Å². The maximum atomic E-state index is 12.2. The Morgan fingerprint density at radius 3 is 2.20 bits per heavy atom. The maximum absolute atomic E-state index is 12.2. The zero-order valence-electron chi connectivity index (χ0n) is 24.8. The molecular formula is C30H41Cl2N3O4S. The number of ether oxygens (including phenoxy) is 1. The third-order valence-electron chi connectivity index (χ3n) is 6.02. The van der Waals surface area contributed by atoms with Gasteiger partial charge in [-0.2, -0.15) is 4.68 Å². The summed E-state index contributed by atoms with van der Waals surface area (Å²) >= 11 is 13.7. The number of benzene rings is 2. The van der Waals surface area contributed by atoms with E-state index < -0.39 is 5.76 Å². The second-order valence-electron chi connectivity index (χ2n) is 11.0. The Balaban J connectivity index is 0.000000286. The standard InChI is InChI=1S/C15H18Cl2N2O3.C15H23NOS/c1-8(2)21-12-7-11(9(16)6-10(12)17)19-14(20)22-13(18-19)15(3,4)5;1-5-16(13(4)12(2)3)15(17)18-11-14-9-7-6-8-10-14/h6-8H,1-5H3;6-10,12-13H,5,11H2,1-4H3. The number of nitrogens with zero attached hydrogens (tertiary/aromatic N) is 3. The largest absolute Gasteiger partial charge is 0.489 e. The molecule has 0 radical (unpaired) electrons. The van der Waals surface area contributed by atoms with E-state index in [9.17, 15) is 9.59 Å². The van der Waals surface area contributed by atoms with Gasteiger partial charge in [-0.3, -0.25) is 4.79 Å². The average molecular weight is 611 g/mol. The molecule has 0 fully saturated rings. The molecule has 1 amide bonds. The van der Waals surface area contributed by atoms with Gasteiger partial charge < -0.3 is 14.1 Å². The summed E-state index contributed by atoms with van der Waals surface area (Å²) in [4.78, 5) is 26.2. The average Bonchev–Trinajstić information content (AvgIpc) is 3.27. The summed E-state index contributed by atoms with van der Waals surface area (Å²) in [5.41, 5.74) is 1.18. The molecule has 0 spiro atoms. The highest BCUT2D eigenvalue weighted by molar-refractivity contribution is 8.12. The van der Waals surface area contributed by atoms with Crippen LogP contribution in [0, 0.1) is 5.92 Å². The number of halogens is 2. The zero-order chi connectivity index (χ0) is 30.2. The maximum Gasteiger partial charge on any atom is 0.442 e. The Kier molecular flexibility index (Phi) is 12.7. The Morgan fingerprint density at radius 1 is 1.07 bits per heavy atom. The number of aromatic nitrogens is 2. The fourth-order valence-electron chi connectivity index (χ4n) is 3.50. The van der Waals surface area contributed by atoms with Gasteiger partial charge in [0, 0.05) is 29.8 Å². The Bertz CT molecular complexity index is 1300. The van der Waals surface area contributed by atoms with Crippen LogP contribution in [0.1, 0.15) is 73.8 Å². The van der Waals surface area contributed by atoms with Crippen molar-refractivity contribution in [3.05, 3.63) is 74.5 Å². The van der Waals surface area contributed by atoms with Crippen LogP contribution in [-0.2, 0) is 11.2 Å². The van der Waals surface area contributed by atoms with Gasteiger partial charge in [0.05, 0.1) is 21.8 Å². The summed E-state index contributed by atoms with van der Waals surface area (Å²) in [7, 11) is 0. The minimum absolute atomic E-state index is 0.0642. The molecule has 2 aromatic carbocycles. The lowest BCUT2D eigenvalue weighted by Crippen LogP contribution is -2.39. The van der Waals surface area contributed by atoms with E-state index in [2.05, 4.69) is 38.0 Å². The molecule has 0 bridgehead atoms. The summed E-state index contributed by atoms with van der Waals surface area (Å²) in [5.74, 6) is 1.40. The molecule has 40 heavy (non-hydrogen) atoms. The summed E-state index contributed by atoms with van der Waals surface area (Å²) < 4.78 is 11.9. The summed E-state index contributed by atoms with van der Waals surface area (Å²) in [6.07, 6.45) is -0.0642.